The first kappa shape index (κ1) is 10.4. The fourth-order valence-corrected chi connectivity index (χ4v) is 2.72. The smallest absolute Gasteiger partial charge is 0.0192 e. The van der Waals surface area contributed by atoms with Gasteiger partial charge in [-0.15, -0.1) is 0 Å². The highest BCUT2D eigenvalue weighted by molar-refractivity contribution is 4.84. The van der Waals surface area contributed by atoms with Crippen molar-refractivity contribution in [2.45, 2.75) is 51.6 Å². The van der Waals surface area contributed by atoms with Crippen molar-refractivity contribution < 1.29 is 0 Å². The predicted octanol–water partition coefficient (Wildman–Crippen LogP) is 1.86. The van der Waals surface area contributed by atoms with Crippen molar-refractivity contribution in [1.29, 1.82) is 0 Å². The lowest BCUT2D eigenvalue weighted by atomic mass is 9.82. The van der Waals surface area contributed by atoms with E-state index in [1.165, 1.54) is 45.3 Å². The maximum Gasteiger partial charge on any atom is 0.0192 e. The van der Waals surface area contributed by atoms with Gasteiger partial charge in [0.15, 0.2) is 0 Å². The molecule has 0 bridgehead atoms. The average Bonchev–Trinajstić information content (AvgIpc) is 2.62. The maximum absolute atomic E-state index is 3.68. The molecule has 1 saturated carbocycles. The van der Waals surface area contributed by atoms with Crippen molar-refractivity contribution in [3.63, 3.8) is 0 Å². The van der Waals surface area contributed by atoms with E-state index in [2.05, 4.69) is 24.1 Å². The standard InChI is InChI=1S/C12H24N2/c1-10-7-12(8-10)13-9-11(2)14-5-3-4-6-14/h10-13H,3-9H2,1-2H3. The molecule has 0 radical (unpaired) electrons. The van der Waals surface area contributed by atoms with Gasteiger partial charge in [0.05, 0.1) is 0 Å². The quantitative estimate of drug-likeness (QED) is 0.738. The topological polar surface area (TPSA) is 15.3 Å². The Kier molecular flexibility index (Phi) is 3.45. The molecular formula is C12H24N2. The Balaban J connectivity index is 1.60. The fourth-order valence-electron chi connectivity index (χ4n) is 2.72. The number of rotatable bonds is 4. The first-order chi connectivity index (χ1) is 6.75. The van der Waals surface area contributed by atoms with E-state index in [0.29, 0.717) is 0 Å². The van der Waals surface area contributed by atoms with Crippen LogP contribution in [-0.4, -0.2) is 36.6 Å². The maximum atomic E-state index is 3.68. The van der Waals surface area contributed by atoms with Crippen LogP contribution in [0.15, 0.2) is 0 Å². The van der Waals surface area contributed by atoms with Crippen LogP contribution in [0.25, 0.3) is 0 Å². The molecule has 0 spiro atoms. The van der Waals surface area contributed by atoms with Crippen LogP contribution in [0.1, 0.15) is 39.5 Å². The largest absolute Gasteiger partial charge is 0.312 e. The van der Waals surface area contributed by atoms with Gasteiger partial charge < -0.3 is 5.32 Å². The third-order valence-electron chi connectivity index (χ3n) is 3.84. The molecule has 2 rings (SSSR count). The van der Waals surface area contributed by atoms with Crippen molar-refractivity contribution in [2.75, 3.05) is 19.6 Å². The van der Waals surface area contributed by atoms with Crippen LogP contribution in [0.5, 0.6) is 0 Å². The minimum Gasteiger partial charge on any atom is -0.312 e. The molecule has 1 aliphatic heterocycles. The fraction of sp³-hybridized carbons (Fsp3) is 1.00. The van der Waals surface area contributed by atoms with Gasteiger partial charge in [-0.05, 0) is 51.6 Å². The molecule has 0 aromatic carbocycles. The van der Waals surface area contributed by atoms with E-state index in [-0.39, 0.29) is 0 Å². The highest BCUT2D eigenvalue weighted by atomic mass is 15.2. The predicted molar refractivity (Wildman–Crippen MR) is 60.5 cm³/mol. The zero-order valence-electron chi connectivity index (χ0n) is 9.63. The van der Waals surface area contributed by atoms with E-state index in [4.69, 9.17) is 0 Å². The van der Waals surface area contributed by atoms with Crippen molar-refractivity contribution in [3.8, 4) is 0 Å². The zero-order chi connectivity index (χ0) is 9.97. The Morgan fingerprint density at radius 3 is 2.50 bits per heavy atom. The van der Waals surface area contributed by atoms with E-state index in [1.807, 2.05) is 0 Å². The van der Waals surface area contributed by atoms with E-state index in [9.17, 15) is 0 Å². The van der Waals surface area contributed by atoms with E-state index >= 15 is 0 Å². The van der Waals surface area contributed by atoms with Gasteiger partial charge in [-0.3, -0.25) is 4.90 Å². The Bertz CT molecular complexity index is 169. The van der Waals surface area contributed by atoms with Gasteiger partial charge >= 0.3 is 0 Å². The van der Waals surface area contributed by atoms with Crippen LogP contribution in [0.3, 0.4) is 0 Å². The molecule has 1 N–H and O–H groups in total. The minimum absolute atomic E-state index is 0.744. The lowest BCUT2D eigenvalue weighted by Crippen LogP contribution is -2.46. The second-order valence-electron chi connectivity index (χ2n) is 5.27. The Labute approximate surface area is 88.1 Å². The normalized spacial score (nSPS) is 35.6. The van der Waals surface area contributed by atoms with Crippen molar-refractivity contribution in [1.82, 2.24) is 10.2 Å². The third kappa shape index (κ3) is 2.48. The van der Waals surface area contributed by atoms with E-state index in [0.717, 1.165) is 18.0 Å². The summed E-state index contributed by atoms with van der Waals surface area (Å²) in [6.45, 7) is 8.55. The molecular weight excluding hydrogens is 172 g/mol. The SMILES string of the molecule is CC1CC(NCC(C)N2CCCC2)C1. The first-order valence-electron chi connectivity index (χ1n) is 6.23. The summed E-state index contributed by atoms with van der Waals surface area (Å²) in [6, 6.07) is 1.57. The summed E-state index contributed by atoms with van der Waals surface area (Å²) in [5.41, 5.74) is 0. The van der Waals surface area contributed by atoms with E-state index in [1.54, 1.807) is 0 Å². The second kappa shape index (κ2) is 4.63. The van der Waals surface area contributed by atoms with Crippen LogP contribution >= 0.6 is 0 Å². The Morgan fingerprint density at radius 1 is 1.29 bits per heavy atom. The summed E-state index contributed by atoms with van der Waals surface area (Å²) in [7, 11) is 0. The molecule has 82 valence electrons. The molecule has 0 aromatic rings. The third-order valence-corrected chi connectivity index (χ3v) is 3.84. The summed E-state index contributed by atoms with van der Waals surface area (Å²) in [4.78, 5) is 2.62. The number of nitrogens with one attached hydrogen (secondary N) is 1. The summed E-state index contributed by atoms with van der Waals surface area (Å²) < 4.78 is 0. The molecule has 0 aromatic heterocycles. The van der Waals surface area contributed by atoms with Gasteiger partial charge in [0.25, 0.3) is 0 Å². The minimum atomic E-state index is 0.744. The molecule has 1 heterocycles. The molecule has 2 heteroatoms. The second-order valence-corrected chi connectivity index (χ2v) is 5.27. The molecule has 1 atom stereocenters. The Morgan fingerprint density at radius 2 is 1.93 bits per heavy atom. The summed E-state index contributed by atoms with van der Waals surface area (Å²) >= 11 is 0. The van der Waals surface area contributed by atoms with Crippen LogP contribution in [0, 0.1) is 5.92 Å². The number of hydrogen-bond donors (Lipinski definition) is 1. The highest BCUT2D eigenvalue weighted by Crippen LogP contribution is 2.26. The van der Waals surface area contributed by atoms with Crippen LogP contribution in [0.2, 0.25) is 0 Å². The Hall–Kier alpha value is -0.0800. The van der Waals surface area contributed by atoms with Crippen molar-refractivity contribution in [3.05, 3.63) is 0 Å². The van der Waals surface area contributed by atoms with Gasteiger partial charge in [-0.2, -0.15) is 0 Å². The number of nitrogens with zero attached hydrogens (tertiary/aromatic N) is 1. The van der Waals surface area contributed by atoms with Gasteiger partial charge in [0.2, 0.25) is 0 Å². The molecule has 14 heavy (non-hydrogen) atoms. The van der Waals surface area contributed by atoms with E-state index < -0.39 is 0 Å². The zero-order valence-corrected chi connectivity index (χ0v) is 9.63. The molecule has 1 aliphatic carbocycles. The summed E-state index contributed by atoms with van der Waals surface area (Å²) in [5, 5.41) is 3.68. The van der Waals surface area contributed by atoms with Crippen LogP contribution < -0.4 is 5.32 Å². The van der Waals surface area contributed by atoms with Crippen molar-refractivity contribution in [2.24, 2.45) is 5.92 Å². The van der Waals surface area contributed by atoms with Crippen LogP contribution in [-0.2, 0) is 0 Å². The van der Waals surface area contributed by atoms with Gasteiger partial charge in [0, 0.05) is 18.6 Å². The first-order valence-corrected chi connectivity index (χ1v) is 6.23. The molecule has 1 saturated heterocycles. The molecule has 2 nitrogen and oxygen atoms in total. The van der Waals surface area contributed by atoms with Gasteiger partial charge in [-0.25, -0.2) is 0 Å². The molecule has 0 amide bonds. The van der Waals surface area contributed by atoms with Gasteiger partial charge in [0.1, 0.15) is 0 Å². The summed E-state index contributed by atoms with van der Waals surface area (Å²) in [5.74, 6) is 0.967. The summed E-state index contributed by atoms with van der Waals surface area (Å²) in [6.07, 6.45) is 5.61. The number of likely N-dealkylation sites (tertiary alicyclic amines) is 1. The average molecular weight is 196 g/mol. The molecule has 2 aliphatic rings. The highest BCUT2D eigenvalue weighted by Gasteiger charge is 2.26. The molecule has 1 unspecified atom stereocenters. The molecule has 2 fully saturated rings. The lowest BCUT2D eigenvalue weighted by Gasteiger charge is -2.35. The lowest BCUT2D eigenvalue weighted by molar-refractivity contribution is 0.201. The van der Waals surface area contributed by atoms with Crippen molar-refractivity contribution >= 4 is 0 Å². The monoisotopic (exact) mass is 196 g/mol. The van der Waals surface area contributed by atoms with Gasteiger partial charge in [-0.1, -0.05) is 6.92 Å². The van der Waals surface area contributed by atoms with Crippen LogP contribution in [0.4, 0.5) is 0 Å². The number of hydrogen-bond acceptors (Lipinski definition) is 2.